The van der Waals surface area contributed by atoms with Crippen molar-refractivity contribution >= 4 is 17.4 Å². The molecule has 0 aromatic heterocycles. The van der Waals surface area contributed by atoms with Gasteiger partial charge in [-0.05, 0) is 19.6 Å². The van der Waals surface area contributed by atoms with Crippen LogP contribution in [0, 0.1) is 0 Å². The molecule has 2 nitrogen and oxygen atoms in total. The molecule has 9 heavy (non-hydrogen) atoms. The predicted octanol–water partition coefficient (Wildman–Crippen LogP) is -0.661. The second kappa shape index (κ2) is 11.3. The van der Waals surface area contributed by atoms with Crippen molar-refractivity contribution in [2.75, 3.05) is 19.6 Å². The van der Waals surface area contributed by atoms with E-state index in [4.69, 9.17) is 0 Å². The molecular formula is C6H20AlNO. The second-order valence-electron chi connectivity index (χ2n) is 1.62. The van der Waals surface area contributed by atoms with Crippen LogP contribution in [0.1, 0.15) is 20.8 Å². The van der Waals surface area contributed by atoms with Crippen LogP contribution >= 0.6 is 0 Å². The molecule has 0 aromatic carbocycles. The van der Waals surface area contributed by atoms with Gasteiger partial charge in [-0.3, -0.25) is 0 Å². The van der Waals surface area contributed by atoms with Gasteiger partial charge in [0.05, 0.1) is 0 Å². The van der Waals surface area contributed by atoms with E-state index in [9.17, 15) is 0 Å². The smallest absolute Gasteiger partial charge is 0.187 e. The lowest BCUT2D eigenvalue weighted by Gasteiger charge is -2.13. The quantitative estimate of drug-likeness (QED) is 0.490. The minimum absolute atomic E-state index is 0. The molecule has 0 radical (unpaired) electrons. The maximum atomic E-state index is 2.38. The highest BCUT2D eigenvalue weighted by Gasteiger charge is 1.89. The minimum atomic E-state index is 0. The van der Waals surface area contributed by atoms with Crippen molar-refractivity contribution in [3.8, 4) is 0 Å². The first-order valence-electron chi connectivity index (χ1n) is 3.07. The molecule has 0 atom stereocenters. The fraction of sp³-hybridized carbons (Fsp3) is 1.00. The molecule has 0 unspecified atom stereocenters. The Morgan fingerprint density at radius 2 is 1.11 bits per heavy atom. The van der Waals surface area contributed by atoms with Gasteiger partial charge in [-0.1, -0.05) is 20.8 Å². The van der Waals surface area contributed by atoms with E-state index < -0.39 is 0 Å². The summed E-state index contributed by atoms with van der Waals surface area (Å²) in [6.07, 6.45) is 0. The van der Waals surface area contributed by atoms with E-state index in [0.717, 1.165) is 0 Å². The van der Waals surface area contributed by atoms with Crippen LogP contribution in [0.3, 0.4) is 0 Å². The van der Waals surface area contributed by atoms with Crippen molar-refractivity contribution in [2.45, 2.75) is 20.8 Å². The van der Waals surface area contributed by atoms with Gasteiger partial charge in [0.1, 0.15) is 0 Å². The monoisotopic (exact) mass is 149 g/mol. The van der Waals surface area contributed by atoms with E-state index in [1.807, 2.05) is 0 Å². The Bertz CT molecular complexity index is 34.5. The Labute approximate surface area is 68.7 Å². The Morgan fingerprint density at radius 1 is 0.889 bits per heavy atom. The van der Waals surface area contributed by atoms with Crippen molar-refractivity contribution in [2.24, 2.45) is 0 Å². The first kappa shape index (κ1) is 16.2. The molecule has 0 rings (SSSR count). The molecule has 0 aromatic rings. The summed E-state index contributed by atoms with van der Waals surface area (Å²) in [4.78, 5) is 2.38. The summed E-state index contributed by atoms with van der Waals surface area (Å²) in [5.74, 6) is 0. The van der Waals surface area contributed by atoms with Crippen LogP contribution in [-0.2, 0) is 0 Å². The Morgan fingerprint density at radius 3 is 1.11 bits per heavy atom. The molecule has 0 saturated heterocycles. The maximum absolute atomic E-state index is 2.38. The zero-order chi connectivity index (χ0) is 5.70. The van der Waals surface area contributed by atoms with Crippen LogP contribution in [-0.4, -0.2) is 47.4 Å². The Hall–Kier alpha value is 0.452. The van der Waals surface area contributed by atoms with Crippen LogP contribution in [0.2, 0.25) is 0 Å². The van der Waals surface area contributed by atoms with Gasteiger partial charge in [-0.2, -0.15) is 0 Å². The molecule has 0 aliphatic heterocycles. The molecule has 2 N–H and O–H groups in total. The van der Waals surface area contributed by atoms with E-state index in [0.29, 0.717) is 0 Å². The van der Waals surface area contributed by atoms with Crippen LogP contribution in [0.15, 0.2) is 0 Å². The SMILES string of the molecule is CCN(CC)CC.O.[AlH3]. The third-order valence-corrected chi connectivity index (χ3v) is 1.34. The number of nitrogens with zero attached hydrogens (tertiary/aromatic N) is 1. The van der Waals surface area contributed by atoms with Gasteiger partial charge >= 0.3 is 0 Å². The lowest BCUT2D eigenvalue weighted by Crippen LogP contribution is -2.21. The van der Waals surface area contributed by atoms with Crippen LogP contribution < -0.4 is 0 Å². The van der Waals surface area contributed by atoms with Crippen molar-refractivity contribution in [3.63, 3.8) is 0 Å². The summed E-state index contributed by atoms with van der Waals surface area (Å²) in [6.45, 7) is 10.1. The van der Waals surface area contributed by atoms with Gasteiger partial charge in [0.25, 0.3) is 0 Å². The van der Waals surface area contributed by atoms with E-state index in [-0.39, 0.29) is 22.8 Å². The Kier molecular flexibility index (Phi) is 20.3. The molecule has 3 heteroatoms. The molecule has 0 amide bonds. The van der Waals surface area contributed by atoms with Gasteiger partial charge in [0, 0.05) is 0 Å². The highest BCUT2D eigenvalue weighted by molar-refractivity contribution is 5.75. The summed E-state index contributed by atoms with van der Waals surface area (Å²) in [5, 5.41) is 0. The third-order valence-electron chi connectivity index (χ3n) is 1.34. The van der Waals surface area contributed by atoms with E-state index >= 15 is 0 Å². The zero-order valence-electron chi connectivity index (χ0n) is 6.07. The van der Waals surface area contributed by atoms with Gasteiger partial charge in [-0.25, -0.2) is 0 Å². The number of hydrogen-bond acceptors (Lipinski definition) is 1. The Balaban J connectivity index is -0.000000180. The highest BCUT2D eigenvalue weighted by atomic mass is 27.0. The van der Waals surface area contributed by atoms with E-state index in [1.165, 1.54) is 19.6 Å². The first-order chi connectivity index (χ1) is 3.35. The average Bonchev–Trinajstić information content (AvgIpc) is 1.72. The van der Waals surface area contributed by atoms with Crippen LogP contribution in [0.25, 0.3) is 0 Å². The molecule has 0 heterocycles. The lowest BCUT2D eigenvalue weighted by molar-refractivity contribution is 0.321. The number of rotatable bonds is 3. The van der Waals surface area contributed by atoms with Crippen molar-refractivity contribution in [3.05, 3.63) is 0 Å². The molecule has 0 fully saturated rings. The first-order valence-corrected chi connectivity index (χ1v) is 3.07. The largest absolute Gasteiger partial charge is 0.412 e. The summed E-state index contributed by atoms with van der Waals surface area (Å²) in [7, 11) is 0. The normalized spacial score (nSPS) is 8.00. The maximum Gasteiger partial charge on any atom is 0.187 e. The highest BCUT2D eigenvalue weighted by Crippen LogP contribution is 1.81. The summed E-state index contributed by atoms with van der Waals surface area (Å²) in [5.41, 5.74) is 0. The fourth-order valence-corrected chi connectivity index (χ4v) is 0.671. The van der Waals surface area contributed by atoms with E-state index in [1.54, 1.807) is 0 Å². The summed E-state index contributed by atoms with van der Waals surface area (Å²) < 4.78 is 0. The molecule has 0 aliphatic carbocycles. The summed E-state index contributed by atoms with van der Waals surface area (Å²) in [6, 6.07) is 0. The molecule has 58 valence electrons. The van der Waals surface area contributed by atoms with Crippen LogP contribution in [0.4, 0.5) is 0 Å². The molecule has 0 saturated carbocycles. The number of hydrogen-bond donors (Lipinski definition) is 0. The third kappa shape index (κ3) is 8.45. The van der Waals surface area contributed by atoms with Gasteiger partial charge < -0.3 is 10.4 Å². The van der Waals surface area contributed by atoms with Crippen LogP contribution in [0.5, 0.6) is 0 Å². The zero-order valence-corrected chi connectivity index (χ0v) is 6.07. The fourth-order valence-electron chi connectivity index (χ4n) is 0.671. The minimum Gasteiger partial charge on any atom is -0.412 e. The van der Waals surface area contributed by atoms with Gasteiger partial charge in [0.15, 0.2) is 17.4 Å². The molecular weight excluding hydrogens is 129 g/mol. The second-order valence-corrected chi connectivity index (χ2v) is 1.62. The van der Waals surface area contributed by atoms with Crippen molar-refractivity contribution in [1.29, 1.82) is 0 Å². The van der Waals surface area contributed by atoms with Crippen molar-refractivity contribution < 1.29 is 5.48 Å². The topological polar surface area (TPSA) is 34.7 Å². The molecule has 0 aliphatic rings. The van der Waals surface area contributed by atoms with Gasteiger partial charge in [0.2, 0.25) is 0 Å². The van der Waals surface area contributed by atoms with Gasteiger partial charge in [-0.15, -0.1) is 0 Å². The summed E-state index contributed by atoms with van der Waals surface area (Å²) >= 11 is 0. The molecule has 0 bridgehead atoms. The van der Waals surface area contributed by atoms with E-state index in [2.05, 4.69) is 25.7 Å². The molecule has 0 spiro atoms. The average molecular weight is 149 g/mol. The standard InChI is InChI=1S/C6H15N.Al.H2O.3H/c1-4-7(5-2)6-3;;;;;/h4-6H2,1-3H3;;1H2;;;. The van der Waals surface area contributed by atoms with Crippen molar-refractivity contribution in [1.82, 2.24) is 4.90 Å². The lowest BCUT2D eigenvalue weighted by atomic mass is 10.5. The predicted molar refractivity (Wildman–Crippen MR) is 47.0 cm³/mol.